The van der Waals surface area contributed by atoms with Gasteiger partial charge in [-0.1, -0.05) is 5.16 Å². The van der Waals surface area contributed by atoms with E-state index in [4.69, 9.17) is 9.26 Å². The maximum Gasteiger partial charge on any atom is 0.257 e. The van der Waals surface area contributed by atoms with Gasteiger partial charge in [-0.2, -0.15) is 4.98 Å². The van der Waals surface area contributed by atoms with Crippen LogP contribution in [0.5, 0.6) is 0 Å². The fourth-order valence-electron chi connectivity index (χ4n) is 2.85. The van der Waals surface area contributed by atoms with Gasteiger partial charge < -0.3 is 14.2 Å². The minimum absolute atomic E-state index is 0.139. The number of nitrogens with zero attached hydrogens (tertiary/aromatic N) is 6. The van der Waals surface area contributed by atoms with Crippen LogP contribution in [-0.2, 0) is 4.74 Å². The van der Waals surface area contributed by atoms with Crippen molar-refractivity contribution in [1.29, 1.82) is 0 Å². The van der Waals surface area contributed by atoms with Crippen molar-refractivity contribution >= 4 is 0 Å². The van der Waals surface area contributed by atoms with Gasteiger partial charge in [0.1, 0.15) is 18.2 Å². The summed E-state index contributed by atoms with van der Waals surface area (Å²) >= 11 is 0. The molecule has 3 aromatic heterocycles. The van der Waals surface area contributed by atoms with E-state index in [1.807, 2.05) is 29.8 Å². The Bertz CT molecular complexity index is 788. The van der Waals surface area contributed by atoms with Crippen molar-refractivity contribution < 1.29 is 9.26 Å². The summed E-state index contributed by atoms with van der Waals surface area (Å²) in [6, 6.07) is 3.80. The zero-order chi connectivity index (χ0) is 16.5. The average molecular weight is 326 g/mol. The lowest BCUT2D eigenvalue weighted by Gasteiger charge is -2.32. The van der Waals surface area contributed by atoms with Crippen LogP contribution in [0.3, 0.4) is 0 Å². The molecule has 24 heavy (non-hydrogen) atoms. The molecule has 0 aliphatic carbocycles. The summed E-state index contributed by atoms with van der Waals surface area (Å²) in [5, 5.41) is 4.06. The van der Waals surface area contributed by atoms with Crippen LogP contribution >= 0.6 is 0 Å². The average Bonchev–Trinajstić information content (AvgIpc) is 3.26. The molecule has 8 nitrogen and oxygen atoms in total. The molecule has 0 spiro atoms. The van der Waals surface area contributed by atoms with Crippen LogP contribution in [0.15, 0.2) is 41.6 Å². The van der Waals surface area contributed by atoms with Crippen molar-refractivity contribution in [3.05, 3.63) is 42.9 Å². The monoisotopic (exact) mass is 326 g/mol. The minimum Gasteiger partial charge on any atom is -0.363 e. The van der Waals surface area contributed by atoms with Gasteiger partial charge in [0, 0.05) is 37.2 Å². The zero-order valence-electron chi connectivity index (χ0n) is 13.5. The Morgan fingerprint density at radius 3 is 2.88 bits per heavy atom. The Kier molecular flexibility index (Phi) is 3.83. The lowest BCUT2D eigenvalue weighted by atomic mass is 10.2. The van der Waals surface area contributed by atoms with Gasteiger partial charge in [0.15, 0.2) is 0 Å². The molecule has 3 aromatic rings. The van der Waals surface area contributed by atoms with Crippen LogP contribution in [-0.4, -0.2) is 55.8 Å². The Labute approximate surface area is 139 Å². The molecular weight excluding hydrogens is 308 g/mol. The number of hydrogen-bond acceptors (Lipinski definition) is 7. The maximum atomic E-state index is 5.90. The zero-order valence-corrected chi connectivity index (χ0v) is 13.5. The molecule has 1 aliphatic heterocycles. The molecule has 2 atom stereocenters. The molecule has 0 amide bonds. The molecule has 0 N–H and O–H groups in total. The van der Waals surface area contributed by atoms with Crippen molar-refractivity contribution in [3.63, 3.8) is 0 Å². The van der Waals surface area contributed by atoms with Gasteiger partial charge in [-0.3, -0.25) is 4.57 Å². The lowest BCUT2D eigenvalue weighted by Crippen LogP contribution is -2.40. The summed E-state index contributed by atoms with van der Waals surface area (Å²) in [5.74, 6) is 1.80. The standard InChI is InChI=1S/C16H18N6O2/c1-11-8-21(2)9-13(23-11)16-19-15(20-24-16)12-3-4-14(18-7-12)22-6-5-17-10-22/h3-7,10-11,13H,8-9H2,1-2H3/t11-,13-/m1/s1. The number of likely N-dealkylation sites (N-methyl/N-ethyl adjacent to an activating group) is 1. The van der Waals surface area contributed by atoms with Crippen molar-refractivity contribution in [3.8, 4) is 17.2 Å². The van der Waals surface area contributed by atoms with E-state index < -0.39 is 0 Å². The van der Waals surface area contributed by atoms with Crippen LogP contribution in [0, 0.1) is 0 Å². The summed E-state index contributed by atoms with van der Waals surface area (Å²) in [6.45, 7) is 3.68. The van der Waals surface area contributed by atoms with Crippen LogP contribution in [0.1, 0.15) is 18.9 Å². The molecule has 0 saturated carbocycles. The van der Waals surface area contributed by atoms with Crippen molar-refractivity contribution in [1.82, 2.24) is 29.6 Å². The number of pyridine rings is 1. The van der Waals surface area contributed by atoms with E-state index in [1.165, 1.54) is 0 Å². The first-order valence-corrected chi connectivity index (χ1v) is 7.81. The summed E-state index contributed by atoms with van der Waals surface area (Å²) < 4.78 is 13.1. The second kappa shape index (κ2) is 6.14. The number of aromatic nitrogens is 5. The molecular formula is C16H18N6O2. The molecule has 124 valence electrons. The van der Waals surface area contributed by atoms with Crippen molar-refractivity contribution in [2.45, 2.75) is 19.1 Å². The molecule has 4 heterocycles. The number of ether oxygens (including phenoxy) is 1. The van der Waals surface area contributed by atoms with E-state index in [0.717, 1.165) is 24.5 Å². The molecule has 0 unspecified atom stereocenters. The molecule has 0 aromatic carbocycles. The molecule has 1 fully saturated rings. The highest BCUT2D eigenvalue weighted by Crippen LogP contribution is 2.25. The highest BCUT2D eigenvalue weighted by atomic mass is 16.5. The molecule has 1 aliphatic rings. The minimum atomic E-state index is -0.196. The van der Waals surface area contributed by atoms with E-state index >= 15 is 0 Å². The smallest absolute Gasteiger partial charge is 0.257 e. The first kappa shape index (κ1) is 15.0. The van der Waals surface area contributed by atoms with Gasteiger partial charge in [0.05, 0.1) is 6.10 Å². The lowest BCUT2D eigenvalue weighted by molar-refractivity contribution is -0.0838. The third-order valence-electron chi connectivity index (χ3n) is 3.94. The summed E-state index contributed by atoms with van der Waals surface area (Å²) in [7, 11) is 2.06. The van der Waals surface area contributed by atoms with Gasteiger partial charge in [0.25, 0.3) is 5.89 Å². The van der Waals surface area contributed by atoms with Gasteiger partial charge >= 0.3 is 0 Å². The predicted molar refractivity (Wildman–Crippen MR) is 85.4 cm³/mol. The number of rotatable bonds is 3. The predicted octanol–water partition coefficient (Wildman–Crippen LogP) is 1.71. The maximum absolute atomic E-state index is 5.90. The quantitative estimate of drug-likeness (QED) is 0.724. The molecule has 0 bridgehead atoms. The first-order valence-electron chi connectivity index (χ1n) is 7.81. The topological polar surface area (TPSA) is 82.1 Å². The van der Waals surface area contributed by atoms with Crippen LogP contribution in [0.25, 0.3) is 17.2 Å². The fraction of sp³-hybridized carbons (Fsp3) is 0.375. The normalized spacial score (nSPS) is 21.9. The van der Waals surface area contributed by atoms with Gasteiger partial charge in [-0.15, -0.1) is 0 Å². The summed E-state index contributed by atoms with van der Waals surface area (Å²) in [6.07, 6.45) is 6.92. The Balaban J connectivity index is 1.54. The van der Waals surface area contributed by atoms with Crippen molar-refractivity contribution in [2.24, 2.45) is 0 Å². The van der Waals surface area contributed by atoms with E-state index in [-0.39, 0.29) is 12.2 Å². The Morgan fingerprint density at radius 1 is 1.25 bits per heavy atom. The molecule has 8 heteroatoms. The number of hydrogen-bond donors (Lipinski definition) is 0. The first-order chi connectivity index (χ1) is 11.7. The van der Waals surface area contributed by atoms with E-state index in [2.05, 4.69) is 32.1 Å². The number of morpholine rings is 1. The van der Waals surface area contributed by atoms with E-state index in [1.54, 1.807) is 18.7 Å². The third-order valence-corrected chi connectivity index (χ3v) is 3.94. The van der Waals surface area contributed by atoms with Gasteiger partial charge in [-0.25, -0.2) is 9.97 Å². The van der Waals surface area contributed by atoms with E-state index in [0.29, 0.717) is 11.7 Å². The highest BCUT2D eigenvalue weighted by Gasteiger charge is 2.28. The van der Waals surface area contributed by atoms with Gasteiger partial charge in [0.2, 0.25) is 5.82 Å². The van der Waals surface area contributed by atoms with Crippen LogP contribution in [0.2, 0.25) is 0 Å². The summed E-state index contributed by atoms with van der Waals surface area (Å²) in [4.78, 5) is 15.1. The number of imidazole rings is 1. The highest BCUT2D eigenvalue weighted by molar-refractivity contribution is 5.53. The summed E-state index contributed by atoms with van der Waals surface area (Å²) in [5.41, 5.74) is 0.797. The van der Waals surface area contributed by atoms with Crippen LogP contribution in [0.4, 0.5) is 0 Å². The second-order valence-electron chi connectivity index (χ2n) is 5.99. The van der Waals surface area contributed by atoms with E-state index in [9.17, 15) is 0 Å². The SMILES string of the molecule is C[C@@H]1CN(C)C[C@H](c2nc(-c3ccc(-n4ccnc4)nc3)no2)O1. The molecule has 4 rings (SSSR count). The Hall–Kier alpha value is -2.58. The van der Waals surface area contributed by atoms with Crippen molar-refractivity contribution in [2.75, 3.05) is 20.1 Å². The third kappa shape index (κ3) is 2.93. The van der Waals surface area contributed by atoms with Crippen LogP contribution < -0.4 is 0 Å². The molecule has 1 saturated heterocycles. The second-order valence-corrected chi connectivity index (χ2v) is 5.99. The van der Waals surface area contributed by atoms with Gasteiger partial charge in [-0.05, 0) is 26.1 Å². The Morgan fingerprint density at radius 2 is 2.17 bits per heavy atom. The fourth-order valence-corrected chi connectivity index (χ4v) is 2.85. The largest absolute Gasteiger partial charge is 0.363 e. The molecule has 0 radical (unpaired) electrons.